The molecule has 158 valence electrons. The number of aryl methyl sites for hydroxylation is 1. The maximum Gasteiger partial charge on any atom is 0.226 e. The van der Waals surface area contributed by atoms with Crippen LogP contribution in [0.5, 0.6) is 0 Å². The van der Waals surface area contributed by atoms with Gasteiger partial charge in [-0.3, -0.25) is 9.69 Å². The van der Waals surface area contributed by atoms with Gasteiger partial charge in [-0.15, -0.1) is 0 Å². The van der Waals surface area contributed by atoms with E-state index < -0.39 is 0 Å². The van der Waals surface area contributed by atoms with Gasteiger partial charge in [0.15, 0.2) is 0 Å². The second-order valence-corrected chi connectivity index (χ2v) is 8.17. The number of nitrogens with zero attached hydrogens (tertiary/aromatic N) is 3. The number of rotatable bonds is 6. The molecule has 5 heteroatoms. The number of fused-ring (bicyclic) bond motifs is 1. The van der Waals surface area contributed by atoms with Gasteiger partial charge >= 0.3 is 0 Å². The van der Waals surface area contributed by atoms with Gasteiger partial charge < -0.3 is 9.32 Å². The lowest BCUT2D eigenvalue weighted by Gasteiger charge is -2.34. The van der Waals surface area contributed by atoms with Gasteiger partial charge in [0.05, 0.1) is 11.6 Å². The summed E-state index contributed by atoms with van der Waals surface area (Å²) in [6, 6.07) is 14.6. The Morgan fingerprint density at radius 1 is 1.17 bits per heavy atom. The van der Waals surface area contributed by atoms with Crippen molar-refractivity contribution >= 4 is 16.7 Å². The molecule has 1 aliphatic heterocycles. The Kier molecular flexibility index (Phi) is 6.18. The van der Waals surface area contributed by atoms with E-state index in [-0.39, 0.29) is 5.92 Å². The second-order valence-electron chi connectivity index (χ2n) is 8.17. The summed E-state index contributed by atoms with van der Waals surface area (Å²) in [5.74, 6) is 1.90. The molecule has 2 aromatic carbocycles. The van der Waals surface area contributed by atoms with Gasteiger partial charge in [0, 0.05) is 31.7 Å². The molecule has 0 spiro atoms. The Balaban J connectivity index is 1.48. The molecule has 2 heterocycles. The zero-order valence-corrected chi connectivity index (χ0v) is 18.2. The van der Waals surface area contributed by atoms with Crippen LogP contribution in [-0.4, -0.2) is 46.9 Å². The van der Waals surface area contributed by atoms with Gasteiger partial charge in [-0.2, -0.15) is 0 Å². The van der Waals surface area contributed by atoms with Crippen LogP contribution >= 0.6 is 0 Å². The molecule has 1 amide bonds. The summed E-state index contributed by atoms with van der Waals surface area (Å²) in [4.78, 5) is 21.9. The summed E-state index contributed by atoms with van der Waals surface area (Å²) in [7, 11) is 0. The highest BCUT2D eigenvalue weighted by molar-refractivity contribution is 5.86. The fourth-order valence-corrected chi connectivity index (χ4v) is 4.43. The SMILES string of the molecule is CCN(CC)C(=O)[C@H]1CCCN(Cc2nc(-c3ccc4ccccc4c3)oc2C)C1. The molecule has 1 atom stereocenters. The average molecular weight is 406 g/mol. The van der Waals surface area contributed by atoms with E-state index in [4.69, 9.17) is 9.40 Å². The number of piperidine rings is 1. The molecule has 0 saturated carbocycles. The Hall–Kier alpha value is -2.66. The number of amides is 1. The number of hydrogen-bond acceptors (Lipinski definition) is 4. The predicted octanol–water partition coefficient (Wildman–Crippen LogP) is 4.88. The fraction of sp³-hybridized carbons (Fsp3) is 0.440. The third-order valence-electron chi connectivity index (χ3n) is 6.19. The highest BCUT2D eigenvalue weighted by Gasteiger charge is 2.29. The van der Waals surface area contributed by atoms with Crippen molar-refractivity contribution in [3.8, 4) is 11.5 Å². The minimum absolute atomic E-state index is 0.0887. The number of oxazole rings is 1. The topological polar surface area (TPSA) is 49.6 Å². The van der Waals surface area contributed by atoms with Crippen LogP contribution in [0.3, 0.4) is 0 Å². The molecule has 1 aromatic heterocycles. The number of aromatic nitrogens is 1. The maximum absolute atomic E-state index is 12.8. The minimum Gasteiger partial charge on any atom is -0.441 e. The second kappa shape index (κ2) is 9.00. The Morgan fingerprint density at radius 3 is 2.70 bits per heavy atom. The van der Waals surface area contributed by atoms with Crippen LogP contribution < -0.4 is 0 Å². The molecule has 1 saturated heterocycles. The van der Waals surface area contributed by atoms with E-state index in [1.807, 2.05) is 24.0 Å². The van der Waals surface area contributed by atoms with Gasteiger partial charge in [-0.25, -0.2) is 4.98 Å². The predicted molar refractivity (Wildman–Crippen MR) is 120 cm³/mol. The van der Waals surface area contributed by atoms with Crippen molar-refractivity contribution < 1.29 is 9.21 Å². The summed E-state index contributed by atoms with van der Waals surface area (Å²) in [6.45, 7) is 10.2. The van der Waals surface area contributed by atoms with Crippen LogP contribution in [0.4, 0.5) is 0 Å². The van der Waals surface area contributed by atoms with Crippen molar-refractivity contribution in [3.05, 3.63) is 53.9 Å². The van der Waals surface area contributed by atoms with Crippen LogP contribution in [-0.2, 0) is 11.3 Å². The van der Waals surface area contributed by atoms with Crippen LogP contribution in [0.25, 0.3) is 22.2 Å². The number of benzene rings is 2. The molecule has 5 nitrogen and oxygen atoms in total. The summed E-state index contributed by atoms with van der Waals surface area (Å²) in [5, 5.41) is 2.39. The van der Waals surface area contributed by atoms with Gasteiger partial charge in [0.1, 0.15) is 5.76 Å². The highest BCUT2D eigenvalue weighted by atomic mass is 16.4. The first-order valence-electron chi connectivity index (χ1n) is 11.1. The quantitative estimate of drug-likeness (QED) is 0.586. The number of carbonyl (C=O) groups excluding carboxylic acids is 1. The molecule has 0 bridgehead atoms. The summed E-state index contributed by atoms with van der Waals surface area (Å²) < 4.78 is 6.03. The average Bonchev–Trinajstić information content (AvgIpc) is 3.14. The molecular weight excluding hydrogens is 374 g/mol. The van der Waals surface area contributed by atoms with Crippen molar-refractivity contribution in [2.24, 2.45) is 5.92 Å². The normalized spacial score (nSPS) is 17.4. The lowest BCUT2D eigenvalue weighted by Crippen LogP contribution is -2.44. The zero-order chi connectivity index (χ0) is 21.1. The molecular formula is C25H31N3O2. The first-order chi connectivity index (χ1) is 14.6. The van der Waals surface area contributed by atoms with Crippen molar-refractivity contribution in [2.75, 3.05) is 26.2 Å². The zero-order valence-electron chi connectivity index (χ0n) is 18.2. The van der Waals surface area contributed by atoms with Gasteiger partial charge in [0.2, 0.25) is 11.8 Å². The van der Waals surface area contributed by atoms with E-state index in [0.29, 0.717) is 11.8 Å². The van der Waals surface area contributed by atoms with Crippen molar-refractivity contribution in [1.82, 2.24) is 14.8 Å². The van der Waals surface area contributed by atoms with Crippen molar-refractivity contribution in [2.45, 2.75) is 40.2 Å². The van der Waals surface area contributed by atoms with E-state index in [1.54, 1.807) is 0 Å². The molecule has 0 unspecified atom stereocenters. The maximum atomic E-state index is 12.8. The van der Waals surface area contributed by atoms with Gasteiger partial charge in [-0.05, 0) is 63.1 Å². The van der Waals surface area contributed by atoms with Gasteiger partial charge in [-0.1, -0.05) is 30.3 Å². The molecule has 0 aliphatic carbocycles. The van der Waals surface area contributed by atoms with Gasteiger partial charge in [0.25, 0.3) is 0 Å². The Morgan fingerprint density at radius 2 is 1.93 bits per heavy atom. The number of likely N-dealkylation sites (tertiary alicyclic amines) is 1. The summed E-state index contributed by atoms with van der Waals surface area (Å²) in [5.41, 5.74) is 1.96. The lowest BCUT2D eigenvalue weighted by atomic mass is 9.96. The number of carbonyl (C=O) groups is 1. The number of hydrogen-bond donors (Lipinski definition) is 0. The molecule has 3 aromatic rings. The lowest BCUT2D eigenvalue weighted by molar-refractivity contribution is -0.137. The Bertz CT molecular complexity index is 1020. The van der Waals surface area contributed by atoms with Crippen LogP contribution in [0.15, 0.2) is 46.9 Å². The van der Waals surface area contributed by atoms with E-state index in [9.17, 15) is 4.79 Å². The molecule has 1 aliphatic rings. The summed E-state index contributed by atoms with van der Waals surface area (Å²) >= 11 is 0. The summed E-state index contributed by atoms with van der Waals surface area (Å²) in [6.07, 6.45) is 2.03. The first-order valence-corrected chi connectivity index (χ1v) is 11.1. The largest absolute Gasteiger partial charge is 0.441 e. The first kappa shape index (κ1) is 20.6. The van der Waals surface area contributed by atoms with E-state index >= 15 is 0 Å². The van der Waals surface area contributed by atoms with E-state index in [1.165, 1.54) is 10.8 Å². The molecule has 4 rings (SSSR count). The highest BCUT2D eigenvalue weighted by Crippen LogP contribution is 2.27. The minimum atomic E-state index is 0.0887. The molecule has 1 fully saturated rings. The molecule has 0 radical (unpaired) electrons. The third-order valence-corrected chi connectivity index (χ3v) is 6.19. The monoisotopic (exact) mass is 405 g/mol. The fourth-order valence-electron chi connectivity index (χ4n) is 4.43. The Labute approximate surface area is 178 Å². The standard InChI is InChI=1S/C25H31N3O2/c1-4-28(5-2)25(29)22-11-8-14-27(16-22)17-23-18(3)30-24(26-23)21-13-12-19-9-6-7-10-20(19)15-21/h6-7,9-10,12-13,15,22H,4-5,8,11,14,16-17H2,1-3H3/t22-/m0/s1. The van der Waals surface area contributed by atoms with E-state index in [0.717, 1.165) is 62.6 Å². The van der Waals surface area contributed by atoms with Crippen LogP contribution in [0.2, 0.25) is 0 Å². The van der Waals surface area contributed by atoms with Crippen molar-refractivity contribution in [3.63, 3.8) is 0 Å². The smallest absolute Gasteiger partial charge is 0.226 e. The van der Waals surface area contributed by atoms with Crippen LogP contribution in [0, 0.1) is 12.8 Å². The van der Waals surface area contributed by atoms with E-state index in [2.05, 4.69) is 49.1 Å². The molecule has 0 N–H and O–H groups in total. The van der Waals surface area contributed by atoms with Crippen LogP contribution in [0.1, 0.15) is 38.1 Å². The third kappa shape index (κ3) is 4.26. The molecule has 30 heavy (non-hydrogen) atoms. The van der Waals surface area contributed by atoms with Crippen molar-refractivity contribution in [1.29, 1.82) is 0 Å².